The molecule has 1 aromatic rings. The Morgan fingerprint density at radius 3 is 2.86 bits per heavy atom. The Labute approximate surface area is 90.3 Å². The highest BCUT2D eigenvalue weighted by Crippen LogP contribution is 2.18. The van der Waals surface area contributed by atoms with Gasteiger partial charge >= 0.3 is 0 Å². The van der Waals surface area contributed by atoms with Crippen LogP contribution < -0.4 is 5.32 Å². The monoisotopic (exact) mass is 207 g/mol. The van der Waals surface area contributed by atoms with Gasteiger partial charge in [0.2, 0.25) is 0 Å². The molecule has 1 fully saturated rings. The van der Waals surface area contributed by atoms with E-state index in [2.05, 4.69) is 47.4 Å². The molecule has 0 radical (unpaired) electrons. The van der Waals surface area contributed by atoms with E-state index in [-0.39, 0.29) is 0 Å². The second kappa shape index (κ2) is 5.42. The number of thioether (sulfide) groups is 1. The third kappa shape index (κ3) is 3.03. The smallest absolute Gasteiger partial charge is 0.0184 e. The summed E-state index contributed by atoms with van der Waals surface area (Å²) in [6.45, 7) is 2.42. The van der Waals surface area contributed by atoms with Gasteiger partial charge in [0.05, 0.1) is 0 Å². The highest BCUT2D eigenvalue weighted by atomic mass is 32.2. The topological polar surface area (TPSA) is 12.0 Å². The Morgan fingerprint density at radius 2 is 2.14 bits per heavy atom. The molecule has 1 atom stereocenters. The van der Waals surface area contributed by atoms with E-state index in [4.69, 9.17) is 0 Å². The number of rotatable bonds is 4. The van der Waals surface area contributed by atoms with Crippen molar-refractivity contribution in [3.8, 4) is 0 Å². The Balaban J connectivity index is 1.67. The fourth-order valence-corrected chi connectivity index (χ4v) is 2.97. The zero-order valence-corrected chi connectivity index (χ0v) is 9.22. The van der Waals surface area contributed by atoms with E-state index in [0.29, 0.717) is 0 Å². The highest BCUT2D eigenvalue weighted by molar-refractivity contribution is 7.99. The zero-order valence-electron chi connectivity index (χ0n) is 8.41. The Kier molecular flexibility index (Phi) is 3.90. The standard InChI is InChI=1S/C12H17NS/c1-2-4-11(5-3-1)7-9-14-12-6-8-13-10-12/h1-5,12-13H,6-10H2. The van der Waals surface area contributed by atoms with Gasteiger partial charge in [-0.15, -0.1) is 0 Å². The molecule has 0 aromatic heterocycles. The molecule has 2 rings (SSSR count). The van der Waals surface area contributed by atoms with Gasteiger partial charge in [0, 0.05) is 11.8 Å². The minimum absolute atomic E-state index is 0.860. The van der Waals surface area contributed by atoms with Crippen molar-refractivity contribution in [3.63, 3.8) is 0 Å². The molecular weight excluding hydrogens is 190 g/mol. The first-order valence-corrected chi connectivity index (χ1v) is 6.36. The van der Waals surface area contributed by atoms with Gasteiger partial charge in [-0.05, 0) is 30.7 Å². The third-order valence-corrected chi connectivity index (χ3v) is 3.92. The molecule has 2 heteroatoms. The van der Waals surface area contributed by atoms with Gasteiger partial charge in [-0.25, -0.2) is 0 Å². The van der Waals surface area contributed by atoms with Gasteiger partial charge in [0.25, 0.3) is 0 Å². The predicted octanol–water partition coefficient (Wildman–Crippen LogP) is 2.32. The first-order chi connectivity index (χ1) is 6.95. The summed E-state index contributed by atoms with van der Waals surface area (Å²) in [5.41, 5.74) is 1.46. The molecule has 76 valence electrons. The molecule has 0 aliphatic carbocycles. The summed E-state index contributed by atoms with van der Waals surface area (Å²) < 4.78 is 0. The maximum Gasteiger partial charge on any atom is 0.0184 e. The quantitative estimate of drug-likeness (QED) is 0.813. The number of benzene rings is 1. The van der Waals surface area contributed by atoms with Crippen molar-refractivity contribution in [3.05, 3.63) is 35.9 Å². The van der Waals surface area contributed by atoms with Crippen LogP contribution in [-0.4, -0.2) is 24.1 Å². The molecule has 1 N–H and O–H groups in total. The fourth-order valence-electron chi connectivity index (χ4n) is 1.76. The van der Waals surface area contributed by atoms with Crippen molar-refractivity contribution in [2.24, 2.45) is 0 Å². The highest BCUT2D eigenvalue weighted by Gasteiger charge is 2.13. The van der Waals surface area contributed by atoms with Crippen molar-refractivity contribution < 1.29 is 0 Å². The van der Waals surface area contributed by atoms with E-state index in [1.54, 1.807) is 0 Å². The summed E-state index contributed by atoms with van der Waals surface area (Å²) in [6, 6.07) is 10.8. The van der Waals surface area contributed by atoms with E-state index >= 15 is 0 Å². The van der Waals surface area contributed by atoms with Crippen LogP contribution in [0.25, 0.3) is 0 Å². The van der Waals surface area contributed by atoms with Gasteiger partial charge < -0.3 is 5.32 Å². The van der Waals surface area contributed by atoms with Crippen LogP contribution in [0.1, 0.15) is 12.0 Å². The Bertz CT molecular complexity index is 254. The minimum Gasteiger partial charge on any atom is -0.316 e. The van der Waals surface area contributed by atoms with Gasteiger partial charge in [0.15, 0.2) is 0 Å². The predicted molar refractivity (Wildman–Crippen MR) is 63.9 cm³/mol. The van der Waals surface area contributed by atoms with Gasteiger partial charge in [-0.1, -0.05) is 30.3 Å². The fraction of sp³-hybridized carbons (Fsp3) is 0.500. The van der Waals surface area contributed by atoms with Crippen molar-refractivity contribution >= 4 is 11.8 Å². The summed E-state index contributed by atoms with van der Waals surface area (Å²) in [7, 11) is 0. The maximum atomic E-state index is 3.40. The molecular formula is C12H17NS. The molecule has 0 bridgehead atoms. The lowest BCUT2D eigenvalue weighted by molar-refractivity contribution is 0.858. The Morgan fingerprint density at radius 1 is 1.29 bits per heavy atom. The zero-order chi connectivity index (χ0) is 9.64. The van der Waals surface area contributed by atoms with E-state index in [0.717, 1.165) is 5.25 Å². The average Bonchev–Trinajstić information content (AvgIpc) is 2.72. The lowest BCUT2D eigenvalue weighted by Crippen LogP contribution is -2.10. The molecule has 1 aliphatic rings. The Hall–Kier alpha value is -0.470. The third-order valence-electron chi connectivity index (χ3n) is 2.60. The molecule has 1 aliphatic heterocycles. The summed E-state index contributed by atoms with van der Waals surface area (Å²) in [5.74, 6) is 1.26. The first-order valence-electron chi connectivity index (χ1n) is 5.31. The summed E-state index contributed by atoms with van der Waals surface area (Å²) in [6.07, 6.45) is 2.56. The van der Waals surface area contributed by atoms with Gasteiger partial charge in [-0.3, -0.25) is 0 Å². The van der Waals surface area contributed by atoms with Gasteiger partial charge in [-0.2, -0.15) is 11.8 Å². The minimum atomic E-state index is 0.860. The lowest BCUT2D eigenvalue weighted by atomic mass is 10.2. The number of hydrogen-bond acceptors (Lipinski definition) is 2. The van der Waals surface area contributed by atoms with Crippen molar-refractivity contribution in [1.29, 1.82) is 0 Å². The number of nitrogens with one attached hydrogen (secondary N) is 1. The summed E-state index contributed by atoms with van der Waals surface area (Å²) in [5, 5.41) is 4.26. The second-order valence-corrected chi connectivity index (χ2v) is 5.13. The van der Waals surface area contributed by atoms with Crippen molar-refractivity contribution in [2.75, 3.05) is 18.8 Å². The van der Waals surface area contributed by atoms with E-state index < -0.39 is 0 Å². The second-order valence-electron chi connectivity index (χ2n) is 3.72. The summed E-state index contributed by atoms with van der Waals surface area (Å²) in [4.78, 5) is 0. The SMILES string of the molecule is c1ccc(CCSC2CCNC2)cc1. The van der Waals surface area contributed by atoms with Crippen LogP contribution in [0.5, 0.6) is 0 Å². The summed E-state index contributed by atoms with van der Waals surface area (Å²) >= 11 is 2.12. The average molecular weight is 207 g/mol. The molecule has 0 spiro atoms. The van der Waals surface area contributed by atoms with Crippen molar-refractivity contribution in [1.82, 2.24) is 5.32 Å². The molecule has 1 unspecified atom stereocenters. The van der Waals surface area contributed by atoms with Gasteiger partial charge in [0.1, 0.15) is 0 Å². The lowest BCUT2D eigenvalue weighted by Gasteiger charge is -2.07. The van der Waals surface area contributed by atoms with Crippen LogP contribution in [-0.2, 0) is 6.42 Å². The van der Waals surface area contributed by atoms with Crippen molar-refractivity contribution in [2.45, 2.75) is 18.1 Å². The molecule has 0 saturated carbocycles. The number of aryl methyl sites for hydroxylation is 1. The maximum absolute atomic E-state index is 3.40. The van der Waals surface area contributed by atoms with E-state index in [1.807, 2.05) is 0 Å². The molecule has 1 nitrogen and oxygen atoms in total. The molecule has 14 heavy (non-hydrogen) atoms. The van der Waals surface area contributed by atoms with Crippen LogP contribution in [0.3, 0.4) is 0 Å². The van der Waals surface area contributed by atoms with Crippen LogP contribution in [0.4, 0.5) is 0 Å². The van der Waals surface area contributed by atoms with E-state index in [1.165, 1.54) is 37.2 Å². The normalized spacial score (nSPS) is 21.3. The molecule has 0 amide bonds. The molecule has 1 saturated heterocycles. The largest absolute Gasteiger partial charge is 0.316 e. The number of hydrogen-bond donors (Lipinski definition) is 1. The molecule has 1 heterocycles. The van der Waals surface area contributed by atoms with Crippen LogP contribution in [0, 0.1) is 0 Å². The van der Waals surface area contributed by atoms with E-state index in [9.17, 15) is 0 Å². The molecule has 1 aromatic carbocycles. The van der Waals surface area contributed by atoms with Crippen LogP contribution in [0.2, 0.25) is 0 Å². The van der Waals surface area contributed by atoms with Crippen LogP contribution >= 0.6 is 11.8 Å². The first kappa shape index (κ1) is 10.1. The van der Waals surface area contributed by atoms with Crippen LogP contribution in [0.15, 0.2) is 30.3 Å².